The minimum Gasteiger partial charge on any atom is -0.346 e. The molecule has 0 aliphatic carbocycles. The zero-order valence-corrected chi connectivity index (χ0v) is 15.0. The molecule has 2 rings (SSSR count). The Morgan fingerprint density at radius 1 is 1.20 bits per heavy atom. The van der Waals surface area contributed by atoms with Crippen LogP contribution in [0.2, 0.25) is 0 Å². The van der Waals surface area contributed by atoms with Crippen LogP contribution < -0.4 is 10.6 Å². The molecule has 1 aliphatic heterocycles. The molecule has 4 amide bonds. The van der Waals surface area contributed by atoms with E-state index in [-0.39, 0.29) is 36.0 Å². The Morgan fingerprint density at radius 2 is 1.88 bits per heavy atom. The van der Waals surface area contributed by atoms with Crippen molar-refractivity contribution in [2.24, 2.45) is 0 Å². The van der Waals surface area contributed by atoms with E-state index in [0.717, 1.165) is 28.6 Å². The SMILES string of the molecule is CCc1ccc(C(C)NC(=O)C(=O)NCCN2C(=O)CSC2=O)cc1. The lowest BCUT2D eigenvalue weighted by Crippen LogP contribution is -2.44. The molecule has 134 valence electrons. The molecular formula is C17H21N3O4S. The summed E-state index contributed by atoms with van der Waals surface area (Å²) in [5.41, 5.74) is 2.10. The molecule has 1 aliphatic rings. The number of amides is 4. The molecule has 0 saturated carbocycles. The van der Waals surface area contributed by atoms with E-state index in [9.17, 15) is 19.2 Å². The molecule has 0 bridgehead atoms. The third-order valence-corrected chi connectivity index (χ3v) is 4.76. The van der Waals surface area contributed by atoms with Gasteiger partial charge in [-0.25, -0.2) is 0 Å². The monoisotopic (exact) mass is 363 g/mol. The number of rotatable bonds is 6. The van der Waals surface area contributed by atoms with Gasteiger partial charge in [0.1, 0.15) is 0 Å². The predicted molar refractivity (Wildman–Crippen MR) is 95.0 cm³/mol. The molecule has 1 fully saturated rings. The number of nitrogens with one attached hydrogen (secondary N) is 2. The second kappa shape index (κ2) is 8.66. The average Bonchev–Trinajstić information content (AvgIpc) is 2.93. The molecule has 1 unspecified atom stereocenters. The summed E-state index contributed by atoms with van der Waals surface area (Å²) >= 11 is 0.933. The fourth-order valence-corrected chi connectivity index (χ4v) is 3.10. The summed E-state index contributed by atoms with van der Waals surface area (Å²) in [6.07, 6.45) is 0.934. The van der Waals surface area contributed by atoms with Gasteiger partial charge in [-0.15, -0.1) is 0 Å². The number of carbonyl (C=O) groups is 4. The lowest BCUT2D eigenvalue weighted by molar-refractivity contribution is -0.139. The summed E-state index contributed by atoms with van der Waals surface area (Å²) in [6, 6.07) is 7.51. The van der Waals surface area contributed by atoms with Crippen molar-refractivity contribution in [2.75, 3.05) is 18.8 Å². The highest BCUT2D eigenvalue weighted by Crippen LogP contribution is 2.17. The molecule has 7 nitrogen and oxygen atoms in total. The first kappa shape index (κ1) is 19.0. The Balaban J connectivity index is 1.78. The van der Waals surface area contributed by atoms with Crippen LogP contribution >= 0.6 is 11.8 Å². The second-order valence-corrected chi connectivity index (χ2v) is 6.57. The van der Waals surface area contributed by atoms with E-state index < -0.39 is 11.8 Å². The van der Waals surface area contributed by atoms with Gasteiger partial charge in [0.2, 0.25) is 5.91 Å². The van der Waals surface area contributed by atoms with Crippen molar-refractivity contribution >= 4 is 34.7 Å². The number of thioether (sulfide) groups is 1. The maximum atomic E-state index is 11.9. The van der Waals surface area contributed by atoms with Gasteiger partial charge in [-0.2, -0.15) is 0 Å². The van der Waals surface area contributed by atoms with Crippen molar-refractivity contribution in [1.29, 1.82) is 0 Å². The first-order chi connectivity index (χ1) is 11.9. The predicted octanol–water partition coefficient (Wildman–Crippen LogP) is 1.24. The molecule has 1 saturated heterocycles. The first-order valence-corrected chi connectivity index (χ1v) is 9.05. The molecule has 8 heteroatoms. The molecule has 1 atom stereocenters. The zero-order chi connectivity index (χ0) is 18.4. The maximum absolute atomic E-state index is 11.9. The number of hydrogen-bond acceptors (Lipinski definition) is 5. The van der Waals surface area contributed by atoms with Crippen LogP contribution in [0.4, 0.5) is 4.79 Å². The van der Waals surface area contributed by atoms with Crippen molar-refractivity contribution in [3.8, 4) is 0 Å². The first-order valence-electron chi connectivity index (χ1n) is 8.07. The third kappa shape index (κ3) is 5.06. The number of hydrogen-bond donors (Lipinski definition) is 2. The summed E-state index contributed by atoms with van der Waals surface area (Å²) in [5.74, 6) is -1.69. The molecule has 0 radical (unpaired) electrons. The van der Waals surface area contributed by atoms with E-state index in [0.29, 0.717) is 0 Å². The van der Waals surface area contributed by atoms with Crippen LogP contribution in [-0.2, 0) is 20.8 Å². The largest absolute Gasteiger partial charge is 0.346 e. The molecular weight excluding hydrogens is 342 g/mol. The average molecular weight is 363 g/mol. The van der Waals surface area contributed by atoms with Crippen molar-refractivity contribution in [3.63, 3.8) is 0 Å². The van der Waals surface area contributed by atoms with E-state index in [2.05, 4.69) is 17.6 Å². The molecule has 0 spiro atoms. The lowest BCUT2D eigenvalue weighted by atomic mass is 10.1. The van der Waals surface area contributed by atoms with Crippen LogP contribution in [0.1, 0.15) is 31.0 Å². The van der Waals surface area contributed by atoms with Gasteiger partial charge in [-0.3, -0.25) is 24.1 Å². The highest BCUT2D eigenvalue weighted by molar-refractivity contribution is 8.14. The Morgan fingerprint density at radius 3 is 2.44 bits per heavy atom. The summed E-state index contributed by atoms with van der Waals surface area (Å²) < 4.78 is 0. The second-order valence-electron chi connectivity index (χ2n) is 5.65. The number of aryl methyl sites for hydroxylation is 1. The Labute approximate surface area is 150 Å². The molecule has 1 aromatic carbocycles. The Kier molecular flexibility index (Phi) is 6.58. The maximum Gasteiger partial charge on any atom is 0.309 e. The summed E-state index contributed by atoms with van der Waals surface area (Å²) in [4.78, 5) is 47.7. The van der Waals surface area contributed by atoms with E-state index in [1.165, 1.54) is 5.56 Å². The highest BCUT2D eigenvalue weighted by atomic mass is 32.2. The van der Waals surface area contributed by atoms with Gasteiger partial charge in [0, 0.05) is 13.1 Å². The van der Waals surface area contributed by atoms with Gasteiger partial charge in [0.25, 0.3) is 5.24 Å². The van der Waals surface area contributed by atoms with Crippen LogP contribution in [0.15, 0.2) is 24.3 Å². The summed E-state index contributed by atoms with van der Waals surface area (Å²) in [5, 5.41) is 4.72. The fraction of sp³-hybridized carbons (Fsp3) is 0.412. The smallest absolute Gasteiger partial charge is 0.309 e. The van der Waals surface area contributed by atoms with E-state index in [4.69, 9.17) is 0 Å². The minimum atomic E-state index is -0.788. The van der Waals surface area contributed by atoms with Crippen LogP contribution in [0.5, 0.6) is 0 Å². The Hall–Kier alpha value is -2.35. The van der Waals surface area contributed by atoms with Crippen molar-refractivity contribution < 1.29 is 19.2 Å². The quantitative estimate of drug-likeness (QED) is 0.742. The lowest BCUT2D eigenvalue weighted by Gasteiger charge is -2.16. The fourth-order valence-electron chi connectivity index (χ4n) is 2.35. The highest BCUT2D eigenvalue weighted by Gasteiger charge is 2.29. The molecule has 25 heavy (non-hydrogen) atoms. The molecule has 1 heterocycles. The van der Waals surface area contributed by atoms with Crippen LogP contribution in [0, 0.1) is 0 Å². The summed E-state index contributed by atoms with van der Waals surface area (Å²) in [6.45, 7) is 3.97. The third-order valence-electron chi connectivity index (χ3n) is 3.90. The van der Waals surface area contributed by atoms with Gasteiger partial charge in [0.15, 0.2) is 0 Å². The van der Waals surface area contributed by atoms with Gasteiger partial charge in [-0.05, 0) is 24.5 Å². The van der Waals surface area contributed by atoms with Gasteiger partial charge in [-0.1, -0.05) is 43.0 Å². The van der Waals surface area contributed by atoms with Gasteiger partial charge >= 0.3 is 11.8 Å². The number of carbonyl (C=O) groups excluding carboxylic acids is 4. The van der Waals surface area contributed by atoms with E-state index in [1.807, 2.05) is 24.3 Å². The van der Waals surface area contributed by atoms with Gasteiger partial charge < -0.3 is 10.6 Å². The number of nitrogens with zero attached hydrogens (tertiary/aromatic N) is 1. The standard InChI is InChI=1S/C17H21N3O4S/c1-3-12-4-6-13(7-5-12)11(2)19-16(23)15(22)18-8-9-20-14(21)10-25-17(20)24/h4-7,11H,3,8-10H2,1-2H3,(H,18,22)(H,19,23). The normalized spacial score (nSPS) is 15.2. The van der Waals surface area contributed by atoms with Crippen LogP contribution in [-0.4, -0.2) is 46.7 Å². The van der Waals surface area contributed by atoms with Crippen LogP contribution in [0.25, 0.3) is 0 Å². The topological polar surface area (TPSA) is 95.6 Å². The van der Waals surface area contributed by atoms with Crippen molar-refractivity contribution in [2.45, 2.75) is 26.3 Å². The number of imide groups is 1. The van der Waals surface area contributed by atoms with E-state index >= 15 is 0 Å². The number of benzene rings is 1. The molecule has 2 N–H and O–H groups in total. The van der Waals surface area contributed by atoms with Crippen molar-refractivity contribution in [3.05, 3.63) is 35.4 Å². The van der Waals surface area contributed by atoms with E-state index in [1.54, 1.807) is 6.92 Å². The van der Waals surface area contributed by atoms with Crippen LogP contribution in [0.3, 0.4) is 0 Å². The van der Waals surface area contributed by atoms with Gasteiger partial charge in [0.05, 0.1) is 11.8 Å². The Bertz CT molecular complexity index is 659. The molecule has 0 aromatic heterocycles. The summed E-state index contributed by atoms with van der Waals surface area (Å²) in [7, 11) is 0. The minimum absolute atomic E-state index is 0.0455. The van der Waals surface area contributed by atoms with Crippen molar-refractivity contribution in [1.82, 2.24) is 15.5 Å². The molecule has 1 aromatic rings. The zero-order valence-electron chi connectivity index (χ0n) is 14.2.